The van der Waals surface area contributed by atoms with Crippen LogP contribution < -0.4 is 0 Å². The second kappa shape index (κ2) is 6.76. The van der Waals surface area contributed by atoms with Gasteiger partial charge in [-0.2, -0.15) is 0 Å². The molecule has 0 aliphatic rings. The van der Waals surface area contributed by atoms with Crippen LogP contribution in [-0.4, -0.2) is 31.0 Å². The Hall–Kier alpha value is -4.19. The van der Waals surface area contributed by atoms with Gasteiger partial charge in [-0.15, -0.1) is 0 Å². The third kappa shape index (κ3) is 2.96. The highest BCUT2D eigenvalue weighted by molar-refractivity contribution is 6.10. The molecule has 6 nitrogen and oxygen atoms in total. The topological polar surface area (TPSA) is 88.9 Å². The Morgan fingerprint density at radius 2 is 1.45 bits per heavy atom. The van der Waals surface area contributed by atoms with Crippen molar-refractivity contribution in [3.63, 3.8) is 0 Å². The fourth-order valence-electron chi connectivity index (χ4n) is 3.46. The molecule has 5 rings (SSSR count). The van der Waals surface area contributed by atoms with Crippen molar-refractivity contribution in [1.29, 1.82) is 0 Å². The summed E-state index contributed by atoms with van der Waals surface area (Å²) in [5.74, 6) is -0.996. The standard InChI is InChI=1S/C23H14N4O2/c28-23(29)16-6-10-25-20(13-16)19-12-14(5-9-24-19)18-11-15-3-1-7-26-21(15)22-17(18)4-2-8-27-22/h1-13H,(H,28,29). The van der Waals surface area contributed by atoms with Crippen molar-refractivity contribution in [2.75, 3.05) is 0 Å². The Bertz CT molecular complexity index is 1400. The molecule has 138 valence electrons. The van der Waals surface area contributed by atoms with Crippen LogP contribution in [0.1, 0.15) is 10.4 Å². The normalized spacial score (nSPS) is 11.0. The molecule has 5 aromatic rings. The molecule has 0 aliphatic heterocycles. The Morgan fingerprint density at radius 1 is 0.724 bits per heavy atom. The number of rotatable bonds is 3. The lowest BCUT2D eigenvalue weighted by Crippen LogP contribution is -1.98. The molecule has 0 amide bonds. The zero-order valence-electron chi connectivity index (χ0n) is 15.1. The van der Waals surface area contributed by atoms with E-state index in [-0.39, 0.29) is 5.56 Å². The number of fused-ring (bicyclic) bond motifs is 3. The first-order valence-corrected chi connectivity index (χ1v) is 8.99. The molecule has 0 radical (unpaired) electrons. The Kier molecular flexibility index (Phi) is 3.95. The van der Waals surface area contributed by atoms with Gasteiger partial charge in [0.05, 0.1) is 28.0 Å². The van der Waals surface area contributed by atoms with Crippen LogP contribution in [-0.2, 0) is 0 Å². The summed E-state index contributed by atoms with van der Waals surface area (Å²) in [4.78, 5) is 29.0. The number of benzene rings is 1. The van der Waals surface area contributed by atoms with E-state index in [2.05, 4.69) is 26.0 Å². The van der Waals surface area contributed by atoms with E-state index in [0.717, 1.165) is 32.9 Å². The van der Waals surface area contributed by atoms with Crippen molar-refractivity contribution in [3.05, 3.63) is 84.9 Å². The molecular weight excluding hydrogens is 364 g/mol. The molecule has 29 heavy (non-hydrogen) atoms. The van der Waals surface area contributed by atoms with E-state index < -0.39 is 5.97 Å². The van der Waals surface area contributed by atoms with Crippen LogP contribution in [0.25, 0.3) is 44.3 Å². The largest absolute Gasteiger partial charge is 0.478 e. The van der Waals surface area contributed by atoms with Crippen LogP contribution in [0.5, 0.6) is 0 Å². The summed E-state index contributed by atoms with van der Waals surface area (Å²) in [6, 6.07) is 16.8. The lowest BCUT2D eigenvalue weighted by atomic mass is 9.97. The fourth-order valence-corrected chi connectivity index (χ4v) is 3.46. The van der Waals surface area contributed by atoms with Crippen LogP contribution in [0.3, 0.4) is 0 Å². The van der Waals surface area contributed by atoms with E-state index in [0.29, 0.717) is 11.4 Å². The van der Waals surface area contributed by atoms with E-state index in [4.69, 9.17) is 0 Å². The van der Waals surface area contributed by atoms with Gasteiger partial charge in [0.25, 0.3) is 0 Å². The number of nitrogens with zero attached hydrogens (tertiary/aromatic N) is 4. The minimum Gasteiger partial charge on any atom is -0.478 e. The smallest absolute Gasteiger partial charge is 0.335 e. The zero-order chi connectivity index (χ0) is 19.8. The van der Waals surface area contributed by atoms with E-state index >= 15 is 0 Å². The van der Waals surface area contributed by atoms with Gasteiger partial charge in [0.15, 0.2) is 0 Å². The number of carboxylic acids is 1. The number of hydrogen-bond donors (Lipinski definition) is 1. The van der Waals surface area contributed by atoms with E-state index in [1.807, 2.05) is 36.4 Å². The Labute approximate surface area is 165 Å². The van der Waals surface area contributed by atoms with Gasteiger partial charge in [-0.1, -0.05) is 12.1 Å². The summed E-state index contributed by atoms with van der Waals surface area (Å²) < 4.78 is 0. The number of carbonyl (C=O) groups is 1. The van der Waals surface area contributed by atoms with Gasteiger partial charge in [-0.25, -0.2) is 4.79 Å². The molecule has 0 saturated heterocycles. The first-order chi connectivity index (χ1) is 14.2. The number of aromatic nitrogens is 4. The molecule has 0 aliphatic carbocycles. The molecule has 4 heterocycles. The summed E-state index contributed by atoms with van der Waals surface area (Å²) in [5.41, 5.74) is 4.94. The van der Waals surface area contributed by atoms with Gasteiger partial charge in [-0.05, 0) is 53.6 Å². The summed E-state index contributed by atoms with van der Waals surface area (Å²) >= 11 is 0. The van der Waals surface area contributed by atoms with Crippen molar-refractivity contribution in [3.8, 4) is 22.5 Å². The molecule has 6 heteroatoms. The Balaban J connectivity index is 1.73. The predicted molar refractivity (Wildman–Crippen MR) is 110 cm³/mol. The van der Waals surface area contributed by atoms with Crippen LogP contribution >= 0.6 is 0 Å². The van der Waals surface area contributed by atoms with Crippen LogP contribution in [0.2, 0.25) is 0 Å². The van der Waals surface area contributed by atoms with Crippen LogP contribution in [0.15, 0.2) is 79.4 Å². The summed E-state index contributed by atoms with van der Waals surface area (Å²) in [6.45, 7) is 0. The van der Waals surface area contributed by atoms with Crippen molar-refractivity contribution in [1.82, 2.24) is 19.9 Å². The van der Waals surface area contributed by atoms with Crippen molar-refractivity contribution in [2.24, 2.45) is 0 Å². The van der Waals surface area contributed by atoms with Crippen molar-refractivity contribution in [2.45, 2.75) is 0 Å². The third-order valence-electron chi connectivity index (χ3n) is 4.80. The van der Waals surface area contributed by atoms with Crippen molar-refractivity contribution < 1.29 is 9.90 Å². The molecule has 0 unspecified atom stereocenters. The molecule has 1 N–H and O–H groups in total. The molecule has 0 bridgehead atoms. The average molecular weight is 378 g/mol. The SMILES string of the molecule is O=C(O)c1ccnc(-c2cc(-c3cc4cccnc4c4ncccc34)ccn2)c1. The van der Waals surface area contributed by atoms with Crippen LogP contribution in [0.4, 0.5) is 0 Å². The van der Waals surface area contributed by atoms with Gasteiger partial charge in [0.2, 0.25) is 0 Å². The van der Waals surface area contributed by atoms with E-state index in [9.17, 15) is 9.90 Å². The molecule has 0 fully saturated rings. The fraction of sp³-hybridized carbons (Fsp3) is 0. The zero-order valence-corrected chi connectivity index (χ0v) is 15.1. The highest BCUT2D eigenvalue weighted by Gasteiger charge is 2.12. The van der Waals surface area contributed by atoms with Gasteiger partial charge in [0, 0.05) is 35.6 Å². The van der Waals surface area contributed by atoms with Crippen LogP contribution in [0, 0.1) is 0 Å². The average Bonchev–Trinajstić information content (AvgIpc) is 2.79. The highest BCUT2D eigenvalue weighted by Crippen LogP contribution is 2.33. The van der Waals surface area contributed by atoms with Gasteiger partial charge < -0.3 is 5.11 Å². The monoisotopic (exact) mass is 378 g/mol. The van der Waals surface area contributed by atoms with Gasteiger partial charge in [-0.3, -0.25) is 19.9 Å². The number of carboxylic acid groups (broad SMARTS) is 1. The first-order valence-electron chi connectivity index (χ1n) is 8.99. The molecule has 4 aromatic heterocycles. The summed E-state index contributed by atoms with van der Waals surface area (Å²) in [6.07, 6.45) is 6.71. The first kappa shape index (κ1) is 16.9. The Morgan fingerprint density at radius 3 is 2.28 bits per heavy atom. The number of aromatic carboxylic acids is 1. The molecule has 0 atom stereocenters. The summed E-state index contributed by atoms with van der Waals surface area (Å²) in [5, 5.41) is 11.2. The predicted octanol–water partition coefficient (Wildman–Crippen LogP) is 4.61. The van der Waals surface area contributed by atoms with Gasteiger partial charge >= 0.3 is 5.97 Å². The van der Waals surface area contributed by atoms with Crippen molar-refractivity contribution >= 4 is 27.8 Å². The molecule has 1 aromatic carbocycles. The maximum Gasteiger partial charge on any atom is 0.335 e. The minimum atomic E-state index is -0.996. The van der Waals surface area contributed by atoms with E-state index in [1.54, 1.807) is 18.6 Å². The number of hydrogen-bond acceptors (Lipinski definition) is 5. The third-order valence-corrected chi connectivity index (χ3v) is 4.80. The quantitative estimate of drug-likeness (QED) is 0.461. The maximum atomic E-state index is 11.3. The lowest BCUT2D eigenvalue weighted by Gasteiger charge is -2.10. The van der Waals surface area contributed by atoms with E-state index in [1.165, 1.54) is 18.3 Å². The molecular formula is C23H14N4O2. The van der Waals surface area contributed by atoms with Gasteiger partial charge in [0.1, 0.15) is 0 Å². The molecule has 0 spiro atoms. The second-order valence-corrected chi connectivity index (χ2v) is 6.56. The number of pyridine rings is 4. The maximum absolute atomic E-state index is 11.3. The molecule has 0 saturated carbocycles. The minimum absolute atomic E-state index is 0.175. The highest BCUT2D eigenvalue weighted by atomic mass is 16.4. The lowest BCUT2D eigenvalue weighted by molar-refractivity contribution is 0.0697. The second-order valence-electron chi connectivity index (χ2n) is 6.56. The summed E-state index contributed by atoms with van der Waals surface area (Å²) in [7, 11) is 0.